The first-order chi connectivity index (χ1) is 11.1. The van der Waals surface area contributed by atoms with Gasteiger partial charge in [-0.05, 0) is 62.4 Å². The van der Waals surface area contributed by atoms with Crippen molar-refractivity contribution in [1.29, 1.82) is 0 Å². The van der Waals surface area contributed by atoms with Crippen LogP contribution < -0.4 is 10.6 Å². The lowest BCUT2D eigenvalue weighted by atomic mass is 9.92. The third-order valence-electron chi connectivity index (χ3n) is 4.95. The molecule has 1 aliphatic heterocycles. The zero-order valence-electron chi connectivity index (χ0n) is 14.0. The number of benzene rings is 1. The van der Waals surface area contributed by atoms with E-state index in [1.807, 2.05) is 24.3 Å². The summed E-state index contributed by atoms with van der Waals surface area (Å²) in [5.41, 5.74) is 1.85. The van der Waals surface area contributed by atoms with Gasteiger partial charge in [-0.15, -0.1) is 12.4 Å². The van der Waals surface area contributed by atoms with Crippen LogP contribution in [0.15, 0.2) is 24.3 Å². The summed E-state index contributed by atoms with van der Waals surface area (Å²) < 4.78 is 4.96. The lowest BCUT2D eigenvalue weighted by molar-refractivity contribution is -0.142. The van der Waals surface area contributed by atoms with E-state index >= 15 is 0 Å². The fraction of sp³-hybridized carbons (Fsp3) is 0.556. The molecule has 5 nitrogen and oxygen atoms in total. The van der Waals surface area contributed by atoms with Crippen molar-refractivity contribution in [3.63, 3.8) is 0 Å². The number of halogens is 1. The first kappa shape index (κ1) is 18.7. The normalized spacial score (nSPS) is 20.8. The zero-order chi connectivity index (χ0) is 16.3. The maximum Gasteiger partial charge on any atom is 0.310 e. The van der Waals surface area contributed by atoms with E-state index in [4.69, 9.17) is 4.74 Å². The highest BCUT2D eigenvalue weighted by Gasteiger charge is 2.57. The standard InChI is InChI=1S/C18H24N2O3.ClH/c1-2-23-16(21)11-13-4-3-5-14(10-13)20-17(22)15-12-18(15)6-8-19-9-7-18;/h3-5,10,15,19H,2,6-9,11-12H2,1H3,(H,20,22);1H. The lowest BCUT2D eigenvalue weighted by Gasteiger charge is -2.23. The molecule has 1 saturated heterocycles. The maximum atomic E-state index is 12.5. The summed E-state index contributed by atoms with van der Waals surface area (Å²) in [6.45, 7) is 4.20. The molecule has 2 fully saturated rings. The Morgan fingerprint density at radius 1 is 1.33 bits per heavy atom. The number of carbonyl (C=O) groups excluding carboxylic acids is 2. The van der Waals surface area contributed by atoms with Crippen LogP contribution >= 0.6 is 12.4 Å². The van der Waals surface area contributed by atoms with Crippen molar-refractivity contribution in [3.8, 4) is 0 Å². The molecule has 1 atom stereocenters. The fourth-order valence-corrected chi connectivity index (χ4v) is 3.56. The number of carbonyl (C=O) groups is 2. The van der Waals surface area contributed by atoms with Gasteiger partial charge in [-0.1, -0.05) is 12.1 Å². The minimum atomic E-state index is -0.244. The van der Waals surface area contributed by atoms with Gasteiger partial charge < -0.3 is 15.4 Å². The number of piperidine rings is 1. The van der Waals surface area contributed by atoms with Crippen molar-refractivity contribution in [3.05, 3.63) is 29.8 Å². The second-order valence-corrected chi connectivity index (χ2v) is 6.54. The van der Waals surface area contributed by atoms with Crippen molar-refractivity contribution >= 4 is 30.0 Å². The Bertz CT molecular complexity index is 600. The second kappa shape index (κ2) is 7.99. The number of hydrogen-bond donors (Lipinski definition) is 2. The Kier molecular flexibility index (Phi) is 6.24. The third-order valence-corrected chi connectivity index (χ3v) is 4.95. The van der Waals surface area contributed by atoms with E-state index in [9.17, 15) is 9.59 Å². The number of anilines is 1. The molecule has 0 aromatic heterocycles. The summed E-state index contributed by atoms with van der Waals surface area (Å²) in [6, 6.07) is 7.45. The van der Waals surface area contributed by atoms with Gasteiger partial charge in [-0.2, -0.15) is 0 Å². The SMILES string of the molecule is CCOC(=O)Cc1cccc(NC(=O)C2CC23CCNCC3)c1.Cl. The molecule has 1 heterocycles. The van der Waals surface area contributed by atoms with E-state index in [1.54, 1.807) is 6.92 Å². The molecule has 1 aromatic carbocycles. The van der Waals surface area contributed by atoms with Crippen LogP contribution in [-0.4, -0.2) is 31.6 Å². The summed E-state index contributed by atoms with van der Waals surface area (Å²) in [7, 11) is 0. The highest BCUT2D eigenvalue weighted by molar-refractivity contribution is 5.95. The Hall–Kier alpha value is -1.59. The number of nitrogens with one attached hydrogen (secondary N) is 2. The molecule has 2 aliphatic rings. The molecule has 1 unspecified atom stereocenters. The summed E-state index contributed by atoms with van der Waals surface area (Å²) in [5, 5.41) is 6.36. The predicted molar refractivity (Wildman–Crippen MR) is 95.3 cm³/mol. The molecule has 0 radical (unpaired) electrons. The van der Waals surface area contributed by atoms with Gasteiger partial charge in [-0.3, -0.25) is 9.59 Å². The molecule has 1 amide bonds. The fourth-order valence-electron chi connectivity index (χ4n) is 3.56. The quantitative estimate of drug-likeness (QED) is 0.799. The number of esters is 1. The van der Waals surface area contributed by atoms with Gasteiger partial charge in [0.2, 0.25) is 5.91 Å². The van der Waals surface area contributed by atoms with E-state index in [1.165, 1.54) is 0 Å². The first-order valence-corrected chi connectivity index (χ1v) is 8.39. The summed E-state index contributed by atoms with van der Waals surface area (Å²) >= 11 is 0. The average Bonchev–Trinajstić information content (AvgIpc) is 3.22. The number of rotatable bonds is 5. The largest absolute Gasteiger partial charge is 0.466 e. The van der Waals surface area contributed by atoms with Gasteiger partial charge >= 0.3 is 5.97 Å². The van der Waals surface area contributed by atoms with E-state index < -0.39 is 0 Å². The summed E-state index contributed by atoms with van der Waals surface area (Å²) in [4.78, 5) is 24.0. The second-order valence-electron chi connectivity index (χ2n) is 6.54. The number of ether oxygens (including phenoxy) is 1. The van der Waals surface area contributed by atoms with Gasteiger partial charge in [0, 0.05) is 11.6 Å². The molecule has 1 aromatic rings. The molecular formula is C18H25ClN2O3. The summed E-state index contributed by atoms with van der Waals surface area (Å²) in [5.74, 6) is 0.00493. The Morgan fingerprint density at radius 3 is 2.79 bits per heavy atom. The van der Waals surface area contributed by atoms with Crippen LogP contribution in [0.5, 0.6) is 0 Å². The molecule has 6 heteroatoms. The molecule has 0 bridgehead atoms. The van der Waals surface area contributed by atoms with E-state index in [-0.39, 0.29) is 42.0 Å². The van der Waals surface area contributed by atoms with Crippen molar-refractivity contribution in [2.75, 3.05) is 25.0 Å². The maximum absolute atomic E-state index is 12.5. The molecule has 24 heavy (non-hydrogen) atoms. The van der Waals surface area contributed by atoms with Gasteiger partial charge in [0.1, 0.15) is 0 Å². The van der Waals surface area contributed by atoms with Crippen LogP contribution in [0.3, 0.4) is 0 Å². The van der Waals surface area contributed by atoms with Gasteiger partial charge in [0.25, 0.3) is 0 Å². The molecule has 2 N–H and O–H groups in total. The van der Waals surface area contributed by atoms with Crippen LogP contribution in [0, 0.1) is 11.3 Å². The monoisotopic (exact) mass is 352 g/mol. The molecular weight excluding hydrogens is 328 g/mol. The van der Waals surface area contributed by atoms with Crippen molar-refractivity contribution in [1.82, 2.24) is 5.32 Å². The van der Waals surface area contributed by atoms with Crippen LogP contribution in [-0.2, 0) is 20.7 Å². The highest BCUT2D eigenvalue weighted by atomic mass is 35.5. The molecule has 1 aliphatic carbocycles. The molecule has 3 rings (SSSR count). The van der Waals surface area contributed by atoms with Crippen LogP contribution in [0.25, 0.3) is 0 Å². The Balaban J connectivity index is 0.00000208. The lowest BCUT2D eigenvalue weighted by Crippen LogP contribution is -2.31. The van der Waals surface area contributed by atoms with Crippen molar-refractivity contribution < 1.29 is 14.3 Å². The van der Waals surface area contributed by atoms with Crippen LogP contribution in [0.1, 0.15) is 31.7 Å². The van der Waals surface area contributed by atoms with E-state index in [2.05, 4.69) is 10.6 Å². The minimum absolute atomic E-state index is 0. The smallest absolute Gasteiger partial charge is 0.310 e. The zero-order valence-corrected chi connectivity index (χ0v) is 14.8. The van der Waals surface area contributed by atoms with Crippen molar-refractivity contribution in [2.45, 2.75) is 32.6 Å². The van der Waals surface area contributed by atoms with Crippen molar-refractivity contribution in [2.24, 2.45) is 11.3 Å². The number of amides is 1. The van der Waals surface area contributed by atoms with Gasteiger partial charge in [0.05, 0.1) is 13.0 Å². The van der Waals surface area contributed by atoms with Crippen LogP contribution in [0.2, 0.25) is 0 Å². The predicted octanol–water partition coefficient (Wildman–Crippen LogP) is 2.54. The van der Waals surface area contributed by atoms with Crippen LogP contribution in [0.4, 0.5) is 5.69 Å². The van der Waals surface area contributed by atoms with Gasteiger partial charge in [0.15, 0.2) is 0 Å². The average molecular weight is 353 g/mol. The Morgan fingerprint density at radius 2 is 2.08 bits per heavy atom. The highest BCUT2D eigenvalue weighted by Crippen LogP contribution is 2.58. The van der Waals surface area contributed by atoms with E-state index in [0.717, 1.165) is 43.6 Å². The molecule has 1 saturated carbocycles. The third kappa shape index (κ3) is 4.28. The molecule has 1 spiro atoms. The minimum Gasteiger partial charge on any atom is -0.466 e. The topological polar surface area (TPSA) is 67.4 Å². The molecule has 132 valence electrons. The van der Waals surface area contributed by atoms with Gasteiger partial charge in [-0.25, -0.2) is 0 Å². The number of hydrogen-bond acceptors (Lipinski definition) is 4. The Labute approximate surface area is 148 Å². The first-order valence-electron chi connectivity index (χ1n) is 8.39. The van der Waals surface area contributed by atoms with E-state index in [0.29, 0.717) is 6.61 Å². The summed E-state index contributed by atoms with van der Waals surface area (Å²) in [6.07, 6.45) is 3.42.